The molecule has 0 spiro atoms. The molecular weight excluding hydrogens is 258 g/mol. The van der Waals surface area contributed by atoms with Crippen LogP contribution in [0.4, 0.5) is 0 Å². The van der Waals surface area contributed by atoms with Gasteiger partial charge in [-0.3, -0.25) is 9.69 Å². The zero-order valence-corrected chi connectivity index (χ0v) is 11.8. The van der Waals surface area contributed by atoms with Crippen LogP contribution in [0.3, 0.4) is 0 Å². The summed E-state index contributed by atoms with van der Waals surface area (Å²) in [5.41, 5.74) is -0.510. The summed E-state index contributed by atoms with van der Waals surface area (Å²) in [5.74, 6) is -0.160. The Morgan fingerprint density at radius 1 is 1.20 bits per heavy atom. The van der Waals surface area contributed by atoms with E-state index in [0.29, 0.717) is 0 Å². The Labute approximate surface area is 106 Å². The maximum atomic E-state index is 11.7. The molecule has 0 heterocycles. The normalized spacial score (nSPS) is 15.3. The van der Waals surface area contributed by atoms with Crippen LogP contribution in [0.5, 0.6) is 0 Å². The first-order chi connectivity index (χ1) is 6.46. The van der Waals surface area contributed by atoms with Crippen molar-refractivity contribution in [1.29, 1.82) is 0 Å². The quantitative estimate of drug-likeness (QED) is 0.620. The summed E-state index contributed by atoms with van der Waals surface area (Å²) in [6.07, 6.45) is -0.644. The summed E-state index contributed by atoms with van der Waals surface area (Å²) < 4.78 is -1.55. The van der Waals surface area contributed by atoms with E-state index in [2.05, 4.69) is 5.32 Å². The predicted octanol–water partition coefficient (Wildman–Crippen LogP) is 2.41. The molecule has 1 atom stereocenters. The van der Waals surface area contributed by atoms with Gasteiger partial charge in [0.1, 0.15) is 6.17 Å². The van der Waals surface area contributed by atoms with Crippen molar-refractivity contribution in [2.24, 2.45) is 5.41 Å². The van der Waals surface area contributed by atoms with Crippen LogP contribution < -0.4 is 5.32 Å². The van der Waals surface area contributed by atoms with E-state index in [1.165, 1.54) is 0 Å². The highest BCUT2D eigenvalue weighted by Gasteiger charge is 2.37. The summed E-state index contributed by atoms with van der Waals surface area (Å²) in [6, 6.07) is 0. The predicted molar refractivity (Wildman–Crippen MR) is 65.4 cm³/mol. The van der Waals surface area contributed by atoms with Crippen LogP contribution in [0.2, 0.25) is 0 Å². The van der Waals surface area contributed by atoms with Crippen LogP contribution in [0.25, 0.3) is 0 Å². The van der Waals surface area contributed by atoms with Crippen LogP contribution in [-0.4, -0.2) is 34.9 Å². The fourth-order valence-corrected chi connectivity index (χ4v) is 1.59. The number of amides is 1. The molecule has 0 aromatic heterocycles. The van der Waals surface area contributed by atoms with E-state index in [0.717, 1.165) is 0 Å². The molecule has 1 N–H and O–H groups in total. The SMILES string of the molecule is CN(C)[C@@H](NC(=O)C(C)(C)C)C(Cl)(Cl)Cl. The molecule has 0 aromatic rings. The minimum absolute atomic E-state index is 0.160. The van der Waals surface area contributed by atoms with Gasteiger partial charge in [-0.15, -0.1) is 0 Å². The summed E-state index contributed by atoms with van der Waals surface area (Å²) in [7, 11) is 3.46. The molecular formula is C9H17Cl3N2O. The second-order valence-electron chi connectivity index (χ2n) is 4.63. The molecule has 0 unspecified atom stereocenters. The lowest BCUT2D eigenvalue weighted by molar-refractivity contribution is -0.130. The minimum Gasteiger partial charge on any atom is -0.336 e. The molecule has 0 saturated heterocycles. The number of nitrogens with zero attached hydrogens (tertiary/aromatic N) is 1. The minimum atomic E-state index is -1.55. The van der Waals surface area contributed by atoms with E-state index in [-0.39, 0.29) is 5.91 Å². The topological polar surface area (TPSA) is 32.3 Å². The lowest BCUT2D eigenvalue weighted by Gasteiger charge is -2.33. The average Bonchev–Trinajstić information content (AvgIpc) is 1.94. The molecule has 0 fully saturated rings. The van der Waals surface area contributed by atoms with Gasteiger partial charge in [-0.2, -0.15) is 0 Å². The highest BCUT2D eigenvalue weighted by atomic mass is 35.6. The number of carbonyl (C=O) groups excluding carboxylic acids is 1. The van der Waals surface area contributed by atoms with Gasteiger partial charge in [0.15, 0.2) is 0 Å². The van der Waals surface area contributed by atoms with Crippen molar-refractivity contribution in [2.75, 3.05) is 14.1 Å². The lowest BCUT2D eigenvalue weighted by Crippen LogP contribution is -2.55. The third-order valence-electron chi connectivity index (χ3n) is 1.78. The van der Waals surface area contributed by atoms with Crippen molar-refractivity contribution >= 4 is 40.7 Å². The smallest absolute Gasteiger partial charge is 0.226 e. The Bertz CT molecular complexity index is 230. The lowest BCUT2D eigenvalue weighted by atomic mass is 9.95. The summed E-state index contributed by atoms with van der Waals surface area (Å²) in [4.78, 5) is 13.4. The van der Waals surface area contributed by atoms with Gasteiger partial charge in [-0.25, -0.2) is 0 Å². The third-order valence-corrected chi connectivity index (χ3v) is 2.40. The van der Waals surface area contributed by atoms with Gasteiger partial charge in [0, 0.05) is 5.41 Å². The molecule has 90 valence electrons. The van der Waals surface area contributed by atoms with Crippen LogP contribution in [0.15, 0.2) is 0 Å². The number of rotatable bonds is 2. The Morgan fingerprint density at radius 2 is 1.60 bits per heavy atom. The molecule has 15 heavy (non-hydrogen) atoms. The zero-order chi connectivity index (χ0) is 12.4. The number of halogens is 3. The second-order valence-corrected chi connectivity index (χ2v) is 7.00. The Kier molecular flexibility index (Phi) is 5.19. The van der Waals surface area contributed by atoms with E-state index in [9.17, 15) is 4.79 Å². The number of carbonyl (C=O) groups is 1. The first-order valence-electron chi connectivity index (χ1n) is 4.50. The average molecular weight is 276 g/mol. The molecule has 0 saturated carbocycles. The van der Waals surface area contributed by atoms with E-state index in [1.807, 2.05) is 0 Å². The van der Waals surface area contributed by atoms with Crippen LogP contribution in [-0.2, 0) is 4.79 Å². The summed E-state index contributed by atoms with van der Waals surface area (Å²) in [5, 5.41) is 2.69. The molecule has 0 radical (unpaired) electrons. The van der Waals surface area contributed by atoms with Gasteiger partial charge < -0.3 is 5.32 Å². The number of hydrogen-bond acceptors (Lipinski definition) is 2. The highest BCUT2D eigenvalue weighted by molar-refractivity contribution is 6.68. The van der Waals surface area contributed by atoms with Crippen LogP contribution in [0.1, 0.15) is 20.8 Å². The monoisotopic (exact) mass is 274 g/mol. The molecule has 3 nitrogen and oxygen atoms in total. The third kappa shape index (κ3) is 5.25. The molecule has 0 aliphatic rings. The molecule has 0 rings (SSSR count). The molecule has 0 aliphatic carbocycles. The molecule has 6 heteroatoms. The number of alkyl halides is 3. The van der Waals surface area contributed by atoms with E-state index < -0.39 is 15.4 Å². The van der Waals surface area contributed by atoms with Gasteiger partial charge in [-0.1, -0.05) is 55.6 Å². The molecule has 1 amide bonds. The molecule has 0 aromatic carbocycles. The fraction of sp³-hybridized carbons (Fsp3) is 0.889. The van der Waals surface area contributed by atoms with Crippen molar-refractivity contribution in [1.82, 2.24) is 10.2 Å². The van der Waals surface area contributed by atoms with E-state index in [4.69, 9.17) is 34.8 Å². The van der Waals surface area contributed by atoms with E-state index in [1.54, 1.807) is 39.8 Å². The van der Waals surface area contributed by atoms with Gasteiger partial charge in [0.25, 0.3) is 0 Å². The van der Waals surface area contributed by atoms with Gasteiger partial charge in [0.05, 0.1) is 0 Å². The van der Waals surface area contributed by atoms with Crippen molar-refractivity contribution in [2.45, 2.75) is 30.7 Å². The highest BCUT2D eigenvalue weighted by Crippen LogP contribution is 2.31. The van der Waals surface area contributed by atoms with Crippen LogP contribution >= 0.6 is 34.8 Å². The maximum absolute atomic E-state index is 11.7. The Morgan fingerprint density at radius 3 is 1.80 bits per heavy atom. The number of nitrogens with one attached hydrogen (secondary N) is 1. The number of hydrogen-bond donors (Lipinski definition) is 1. The van der Waals surface area contributed by atoms with Crippen molar-refractivity contribution < 1.29 is 4.79 Å². The Hall–Kier alpha value is 0.300. The summed E-state index contributed by atoms with van der Waals surface area (Å²) in [6.45, 7) is 5.40. The molecule has 0 aliphatic heterocycles. The standard InChI is InChI=1S/C9H17Cl3N2O/c1-8(2,3)7(15)13-6(14(4)5)9(10,11)12/h6H,1-5H3,(H,13,15)/t6-/m1/s1. The largest absolute Gasteiger partial charge is 0.336 e. The zero-order valence-electron chi connectivity index (χ0n) is 9.57. The first kappa shape index (κ1) is 15.3. The Balaban J connectivity index is 4.66. The second kappa shape index (κ2) is 5.09. The van der Waals surface area contributed by atoms with Gasteiger partial charge in [-0.05, 0) is 14.1 Å². The van der Waals surface area contributed by atoms with Gasteiger partial charge >= 0.3 is 0 Å². The molecule has 0 bridgehead atoms. The van der Waals surface area contributed by atoms with Gasteiger partial charge in [0.2, 0.25) is 9.70 Å². The van der Waals surface area contributed by atoms with Crippen molar-refractivity contribution in [3.8, 4) is 0 Å². The maximum Gasteiger partial charge on any atom is 0.226 e. The van der Waals surface area contributed by atoms with Crippen molar-refractivity contribution in [3.05, 3.63) is 0 Å². The van der Waals surface area contributed by atoms with Crippen molar-refractivity contribution in [3.63, 3.8) is 0 Å². The fourth-order valence-electron chi connectivity index (χ4n) is 0.844. The van der Waals surface area contributed by atoms with E-state index >= 15 is 0 Å². The first-order valence-corrected chi connectivity index (χ1v) is 5.63. The summed E-state index contributed by atoms with van der Waals surface area (Å²) >= 11 is 17.3. The van der Waals surface area contributed by atoms with Crippen LogP contribution in [0, 0.1) is 5.41 Å².